The van der Waals surface area contributed by atoms with Crippen LogP contribution < -0.4 is 5.32 Å². The maximum absolute atomic E-state index is 13.1. The SMILES string of the molecule is Cc1cccc(C(=O)NC23CC4CC(C2)CC(c2nnc(-c5cccc(Cl)c5)o2)(C4)C3)n1. The molecule has 4 aliphatic carbocycles. The van der Waals surface area contributed by atoms with Crippen molar-refractivity contribution in [3.05, 3.63) is 64.8 Å². The van der Waals surface area contributed by atoms with Gasteiger partial charge < -0.3 is 9.73 Å². The smallest absolute Gasteiger partial charge is 0.270 e. The quantitative estimate of drug-likeness (QED) is 0.599. The summed E-state index contributed by atoms with van der Waals surface area (Å²) in [5.41, 5.74) is 1.74. The van der Waals surface area contributed by atoms with Crippen molar-refractivity contribution >= 4 is 17.5 Å². The largest absolute Gasteiger partial charge is 0.420 e. The third-order valence-electron chi connectivity index (χ3n) is 7.51. The molecule has 6 nitrogen and oxygen atoms in total. The van der Waals surface area contributed by atoms with Crippen molar-refractivity contribution in [3.63, 3.8) is 0 Å². The number of benzene rings is 1. The molecule has 2 aromatic heterocycles. The second-order valence-corrected chi connectivity index (χ2v) is 10.5. The Morgan fingerprint density at radius 1 is 1.09 bits per heavy atom. The van der Waals surface area contributed by atoms with Crippen molar-refractivity contribution in [2.45, 2.75) is 56.4 Å². The first-order valence-electron chi connectivity index (χ1n) is 11.3. The van der Waals surface area contributed by atoms with Crippen LogP contribution in [0.1, 0.15) is 60.6 Å². The minimum absolute atomic E-state index is 0.0871. The lowest BCUT2D eigenvalue weighted by Crippen LogP contribution is -2.64. The Labute approximate surface area is 191 Å². The number of halogens is 1. The summed E-state index contributed by atoms with van der Waals surface area (Å²) in [5, 5.41) is 12.9. The first kappa shape index (κ1) is 19.9. The fraction of sp³-hybridized carbons (Fsp3) is 0.440. The monoisotopic (exact) mass is 448 g/mol. The van der Waals surface area contributed by atoms with Crippen LogP contribution in [0.3, 0.4) is 0 Å². The molecular formula is C25H25ClN4O2. The van der Waals surface area contributed by atoms with Crippen LogP contribution in [0, 0.1) is 18.8 Å². The van der Waals surface area contributed by atoms with Crippen LogP contribution >= 0.6 is 11.6 Å². The van der Waals surface area contributed by atoms with E-state index in [-0.39, 0.29) is 16.9 Å². The van der Waals surface area contributed by atoms with Crippen LogP contribution in [0.2, 0.25) is 5.02 Å². The Bertz CT molecular complexity index is 1190. The molecule has 4 bridgehead atoms. The first-order chi connectivity index (χ1) is 15.4. The minimum atomic E-state index is -0.239. The summed E-state index contributed by atoms with van der Waals surface area (Å²) in [6.07, 6.45) is 6.16. The molecule has 32 heavy (non-hydrogen) atoms. The average Bonchev–Trinajstić information content (AvgIpc) is 3.24. The molecule has 0 spiro atoms. The molecule has 2 unspecified atom stereocenters. The lowest BCUT2D eigenvalue weighted by atomic mass is 9.46. The minimum Gasteiger partial charge on any atom is -0.420 e. The standard InChI is InChI=1S/C25H25ClN4O2/c1-15-4-2-7-20(27-15)21(31)28-25-12-16-8-17(13-25)11-24(10-16,14-25)23-30-29-22(32-23)18-5-3-6-19(26)9-18/h2-7,9,16-17H,8,10-14H2,1H3,(H,28,31). The van der Waals surface area contributed by atoms with Gasteiger partial charge in [0.1, 0.15) is 5.69 Å². The third kappa shape index (κ3) is 3.32. The fourth-order valence-electron chi connectivity index (χ4n) is 6.81. The lowest BCUT2D eigenvalue weighted by molar-refractivity contribution is -0.0471. The summed E-state index contributed by atoms with van der Waals surface area (Å²) in [4.78, 5) is 17.5. The Balaban J connectivity index is 1.31. The highest BCUT2D eigenvalue weighted by Crippen LogP contribution is 2.62. The van der Waals surface area contributed by atoms with Gasteiger partial charge in [-0.3, -0.25) is 4.79 Å². The molecular weight excluding hydrogens is 424 g/mol. The van der Waals surface area contributed by atoms with Crippen molar-refractivity contribution in [3.8, 4) is 11.5 Å². The van der Waals surface area contributed by atoms with Gasteiger partial charge >= 0.3 is 0 Å². The predicted molar refractivity (Wildman–Crippen MR) is 120 cm³/mol. The van der Waals surface area contributed by atoms with E-state index in [2.05, 4.69) is 20.5 Å². The fourth-order valence-corrected chi connectivity index (χ4v) is 7.00. The van der Waals surface area contributed by atoms with Crippen molar-refractivity contribution < 1.29 is 9.21 Å². The molecule has 1 amide bonds. The van der Waals surface area contributed by atoms with Gasteiger partial charge in [0, 0.05) is 21.8 Å². The van der Waals surface area contributed by atoms with Gasteiger partial charge in [0.2, 0.25) is 11.8 Å². The number of carbonyl (C=O) groups excluding carboxylic acids is 1. The molecule has 4 fully saturated rings. The molecule has 0 aliphatic heterocycles. The lowest BCUT2D eigenvalue weighted by Gasteiger charge is -2.60. The van der Waals surface area contributed by atoms with E-state index < -0.39 is 0 Å². The molecule has 7 heteroatoms. The molecule has 1 N–H and O–H groups in total. The van der Waals surface area contributed by atoms with Crippen LogP contribution in [0.25, 0.3) is 11.5 Å². The van der Waals surface area contributed by atoms with Crippen LogP contribution in [-0.2, 0) is 5.41 Å². The zero-order chi connectivity index (χ0) is 21.9. The summed E-state index contributed by atoms with van der Waals surface area (Å²) >= 11 is 6.15. The maximum atomic E-state index is 13.1. The van der Waals surface area contributed by atoms with Gasteiger partial charge in [-0.2, -0.15) is 0 Å². The predicted octanol–water partition coefficient (Wildman–Crippen LogP) is 5.11. The van der Waals surface area contributed by atoms with Gasteiger partial charge in [-0.1, -0.05) is 23.7 Å². The molecule has 1 aromatic carbocycles. The number of pyridine rings is 1. The van der Waals surface area contributed by atoms with E-state index in [9.17, 15) is 4.79 Å². The van der Waals surface area contributed by atoms with Gasteiger partial charge in [-0.05, 0) is 87.6 Å². The zero-order valence-electron chi connectivity index (χ0n) is 18.0. The Morgan fingerprint density at radius 2 is 1.88 bits per heavy atom. The highest BCUT2D eigenvalue weighted by molar-refractivity contribution is 6.30. The van der Waals surface area contributed by atoms with E-state index in [0.29, 0.717) is 34.3 Å². The van der Waals surface area contributed by atoms with Gasteiger partial charge in [0.25, 0.3) is 5.91 Å². The highest BCUT2D eigenvalue weighted by Gasteiger charge is 2.60. The summed E-state index contributed by atoms with van der Waals surface area (Å²) in [5.74, 6) is 2.23. The van der Waals surface area contributed by atoms with E-state index in [0.717, 1.165) is 43.4 Å². The molecule has 3 aromatic rings. The molecule has 2 heterocycles. The Hall–Kier alpha value is -2.73. The molecule has 4 aliphatic rings. The molecule has 0 radical (unpaired) electrons. The van der Waals surface area contributed by atoms with E-state index in [4.69, 9.17) is 16.0 Å². The maximum Gasteiger partial charge on any atom is 0.270 e. The summed E-state index contributed by atoms with van der Waals surface area (Å²) < 4.78 is 6.25. The number of nitrogens with zero attached hydrogens (tertiary/aromatic N) is 3. The topological polar surface area (TPSA) is 80.9 Å². The number of aromatic nitrogens is 3. The molecule has 4 saturated carbocycles. The normalized spacial score (nSPS) is 30.4. The first-order valence-corrected chi connectivity index (χ1v) is 11.7. The van der Waals surface area contributed by atoms with E-state index >= 15 is 0 Å². The third-order valence-corrected chi connectivity index (χ3v) is 7.75. The van der Waals surface area contributed by atoms with Crippen molar-refractivity contribution in [1.29, 1.82) is 0 Å². The van der Waals surface area contributed by atoms with Crippen LogP contribution in [0.15, 0.2) is 46.9 Å². The second-order valence-electron chi connectivity index (χ2n) is 10.1. The van der Waals surface area contributed by atoms with Crippen LogP contribution in [0.4, 0.5) is 0 Å². The van der Waals surface area contributed by atoms with Crippen LogP contribution in [0.5, 0.6) is 0 Å². The van der Waals surface area contributed by atoms with Gasteiger partial charge in [-0.15, -0.1) is 10.2 Å². The van der Waals surface area contributed by atoms with Crippen molar-refractivity contribution in [2.24, 2.45) is 11.8 Å². The number of carbonyl (C=O) groups is 1. The van der Waals surface area contributed by atoms with Crippen molar-refractivity contribution in [1.82, 2.24) is 20.5 Å². The van der Waals surface area contributed by atoms with Gasteiger partial charge in [0.05, 0.1) is 5.41 Å². The summed E-state index contributed by atoms with van der Waals surface area (Å²) in [6.45, 7) is 1.91. The van der Waals surface area contributed by atoms with Gasteiger partial charge in [0.15, 0.2) is 0 Å². The molecule has 7 rings (SSSR count). The summed E-state index contributed by atoms with van der Waals surface area (Å²) in [6, 6.07) is 13.1. The Kier molecular flexibility index (Phi) is 4.44. The van der Waals surface area contributed by atoms with E-state index in [1.54, 1.807) is 6.07 Å². The highest BCUT2D eigenvalue weighted by atomic mass is 35.5. The van der Waals surface area contributed by atoms with Crippen LogP contribution in [-0.4, -0.2) is 26.6 Å². The number of amides is 1. The van der Waals surface area contributed by atoms with Gasteiger partial charge in [-0.25, -0.2) is 4.98 Å². The summed E-state index contributed by atoms with van der Waals surface area (Å²) in [7, 11) is 0. The average molecular weight is 449 g/mol. The number of rotatable bonds is 4. The number of hydrogen-bond donors (Lipinski definition) is 1. The van der Waals surface area contributed by atoms with Crippen molar-refractivity contribution in [2.75, 3.05) is 0 Å². The molecule has 0 saturated heterocycles. The van der Waals surface area contributed by atoms with E-state index in [1.165, 1.54) is 6.42 Å². The molecule has 2 atom stereocenters. The Morgan fingerprint density at radius 3 is 2.62 bits per heavy atom. The zero-order valence-corrected chi connectivity index (χ0v) is 18.7. The number of aryl methyl sites for hydroxylation is 1. The van der Waals surface area contributed by atoms with E-state index in [1.807, 2.05) is 43.3 Å². The second kappa shape index (κ2) is 7.14. The molecule has 164 valence electrons. The number of hydrogen-bond acceptors (Lipinski definition) is 5. The number of nitrogens with one attached hydrogen (secondary N) is 1.